The van der Waals surface area contributed by atoms with Crippen LogP contribution in [0.5, 0.6) is 0 Å². The maximum Gasteiger partial charge on any atom is 0.134 e. The molecule has 0 aliphatic rings. The number of furan rings is 1. The summed E-state index contributed by atoms with van der Waals surface area (Å²) in [6, 6.07) is 10.2. The second-order valence-corrected chi connectivity index (χ2v) is 5.57. The number of fused-ring (bicyclic) bond motifs is 1. The van der Waals surface area contributed by atoms with Crippen molar-refractivity contribution < 1.29 is 4.42 Å². The predicted octanol–water partition coefficient (Wildman–Crippen LogP) is 4.82. The summed E-state index contributed by atoms with van der Waals surface area (Å²) in [5.74, 6) is 0.959. The summed E-state index contributed by atoms with van der Waals surface area (Å²) in [7, 11) is 0. The molecule has 0 spiro atoms. The molecule has 2 aromatic heterocycles. The molecule has 0 unspecified atom stereocenters. The topological polar surface area (TPSA) is 38.1 Å². The summed E-state index contributed by atoms with van der Waals surface area (Å²) in [6.45, 7) is 4.76. The third kappa shape index (κ3) is 2.43. The Bertz CT molecular complexity index is 764. The molecule has 2 heterocycles. The Labute approximate surface area is 126 Å². The Morgan fingerprint density at radius 3 is 2.85 bits per heavy atom. The van der Waals surface area contributed by atoms with E-state index in [1.165, 1.54) is 10.9 Å². The number of pyridine rings is 1. The third-order valence-corrected chi connectivity index (χ3v) is 4.21. The first-order valence-electron chi connectivity index (χ1n) is 6.48. The van der Waals surface area contributed by atoms with Crippen molar-refractivity contribution in [2.75, 3.05) is 5.32 Å². The van der Waals surface area contributed by atoms with Crippen LogP contribution in [-0.2, 0) is 6.54 Å². The fraction of sp³-hybridized carbons (Fsp3) is 0.188. The van der Waals surface area contributed by atoms with Crippen molar-refractivity contribution >= 4 is 32.6 Å². The van der Waals surface area contributed by atoms with E-state index >= 15 is 0 Å². The predicted molar refractivity (Wildman–Crippen MR) is 85.0 cm³/mol. The van der Waals surface area contributed by atoms with Crippen LogP contribution in [0.25, 0.3) is 11.0 Å². The van der Waals surface area contributed by atoms with Gasteiger partial charge < -0.3 is 9.73 Å². The number of anilines is 1. The number of hydrogen-bond acceptors (Lipinski definition) is 3. The molecule has 0 fully saturated rings. The number of nitrogens with one attached hydrogen (secondary N) is 1. The monoisotopic (exact) mass is 330 g/mol. The van der Waals surface area contributed by atoms with Crippen molar-refractivity contribution in [2.24, 2.45) is 0 Å². The summed E-state index contributed by atoms with van der Waals surface area (Å²) in [6.07, 6.45) is 1.83. The lowest BCUT2D eigenvalue weighted by Gasteiger charge is -2.07. The average molecular weight is 331 g/mol. The van der Waals surface area contributed by atoms with Crippen LogP contribution in [0.4, 0.5) is 5.69 Å². The number of hydrogen-bond donors (Lipinski definition) is 1. The minimum absolute atomic E-state index is 0.728. The molecule has 0 aliphatic heterocycles. The zero-order valence-electron chi connectivity index (χ0n) is 11.4. The SMILES string of the molecule is Cc1cc(NCc2c(C)oc3ccccc23)cnc1Br. The van der Waals surface area contributed by atoms with Crippen LogP contribution in [-0.4, -0.2) is 4.98 Å². The van der Waals surface area contributed by atoms with Crippen LogP contribution >= 0.6 is 15.9 Å². The molecule has 0 bridgehead atoms. The second-order valence-electron chi connectivity index (χ2n) is 4.82. The molecule has 0 aliphatic carbocycles. The maximum absolute atomic E-state index is 5.77. The van der Waals surface area contributed by atoms with Gasteiger partial charge >= 0.3 is 0 Å². The van der Waals surface area contributed by atoms with E-state index in [1.54, 1.807) is 0 Å². The fourth-order valence-corrected chi connectivity index (χ4v) is 2.50. The van der Waals surface area contributed by atoms with Crippen molar-refractivity contribution in [3.8, 4) is 0 Å². The van der Waals surface area contributed by atoms with Gasteiger partial charge in [0.05, 0.1) is 11.9 Å². The van der Waals surface area contributed by atoms with E-state index < -0.39 is 0 Å². The standard InChI is InChI=1S/C16H15BrN2O/c1-10-7-12(8-19-16(10)17)18-9-14-11(2)20-15-6-4-3-5-13(14)15/h3-8,18H,9H2,1-2H3. The summed E-state index contributed by atoms with van der Waals surface area (Å²) < 4.78 is 6.65. The van der Waals surface area contributed by atoms with Gasteiger partial charge in [0.15, 0.2) is 0 Å². The normalized spacial score (nSPS) is 10.9. The number of aryl methyl sites for hydroxylation is 2. The number of benzene rings is 1. The molecule has 0 atom stereocenters. The Morgan fingerprint density at radius 2 is 2.05 bits per heavy atom. The highest BCUT2D eigenvalue weighted by Crippen LogP contribution is 2.26. The van der Waals surface area contributed by atoms with Crippen molar-refractivity contribution in [3.63, 3.8) is 0 Å². The summed E-state index contributed by atoms with van der Waals surface area (Å²) >= 11 is 3.41. The van der Waals surface area contributed by atoms with Crippen LogP contribution in [0, 0.1) is 13.8 Å². The van der Waals surface area contributed by atoms with Crippen LogP contribution in [0.2, 0.25) is 0 Å². The molecule has 4 heteroatoms. The van der Waals surface area contributed by atoms with E-state index in [0.717, 1.165) is 33.7 Å². The number of aromatic nitrogens is 1. The smallest absolute Gasteiger partial charge is 0.134 e. The Balaban J connectivity index is 1.86. The molecule has 20 heavy (non-hydrogen) atoms. The molecule has 3 aromatic rings. The van der Waals surface area contributed by atoms with Crippen LogP contribution < -0.4 is 5.32 Å². The van der Waals surface area contributed by atoms with Crippen molar-refractivity contribution in [1.82, 2.24) is 4.98 Å². The average Bonchev–Trinajstić information content (AvgIpc) is 2.76. The molecule has 3 rings (SSSR count). The highest BCUT2D eigenvalue weighted by Gasteiger charge is 2.10. The molecule has 0 radical (unpaired) electrons. The summed E-state index contributed by atoms with van der Waals surface area (Å²) in [5, 5.41) is 4.57. The number of rotatable bonds is 3. The quantitative estimate of drug-likeness (QED) is 0.699. The minimum Gasteiger partial charge on any atom is -0.461 e. The summed E-state index contributed by atoms with van der Waals surface area (Å²) in [5.41, 5.74) is 4.26. The number of para-hydroxylation sites is 1. The summed E-state index contributed by atoms with van der Waals surface area (Å²) in [4.78, 5) is 4.29. The third-order valence-electron chi connectivity index (χ3n) is 3.38. The van der Waals surface area contributed by atoms with E-state index in [-0.39, 0.29) is 0 Å². The number of nitrogens with zero attached hydrogens (tertiary/aromatic N) is 1. The van der Waals surface area contributed by atoms with E-state index in [1.807, 2.05) is 38.2 Å². The number of halogens is 1. The Kier molecular flexibility index (Phi) is 3.49. The highest BCUT2D eigenvalue weighted by molar-refractivity contribution is 9.10. The lowest BCUT2D eigenvalue weighted by atomic mass is 10.1. The van der Waals surface area contributed by atoms with Crippen LogP contribution in [0.3, 0.4) is 0 Å². The highest BCUT2D eigenvalue weighted by atomic mass is 79.9. The van der Waals surface area contributed by atoms with Gasteiger partial charge in [-0.1, -0.05) is 18.2 Å². The van der Waals surface area contributed by atoms with Gasteiger partial charge in [0.2, 0.25) is 0 Å². The van der Waals surface area contributed by atoms with Gasteiger partial charge in [-0.2, -0.15) is 0 Å². The van der Waals surface area contributed by atoms with Crippen LogP contribution in [0.15, 0.2) is 45.5 Å². The molecular weight excluding hydrogens is 316 g/mol. The maximum atomic E-state index is 5.77. The van der Waals surface area contributed by atoms with Gasteiger partial charge in [-0.3, -0.25) is 0 Å². The molecule has 1 aromatic carbocycles. The van der Waals surface area contributed by atoms with Crippen LogP contribution in [0.1, 0.15) is 16.9 Å². The molecule has 102 valence electrons. The Morgan fingerprint density at radius 1 is 1.25 bits per heavy atom. The molecular formula is C16H15BrN2O. The lowest BCUT2D eigenvalue weighted by molar-refractivity contribution is 0.573. The molecule has 3 nitrogen and oxygen atoms in total. The zero-order valence-corrected chi connectivity index (χ0v) is 13.0. The van der Waals surface area contributed by atoms with Gasteiger partial charge in [-0.25, -0.2) is 4.98 Å². The Hall–Kier alpha value is -1.81. The zero-order chi connectivity index (χ0) is 14.1. The van der Waals surface area contributed by atoms with E-state index in [0.29, 0.717) is 0 Å². The van der Waals surface area contributed by atoms with Gasteiger partial charge in [-0.15, -0.1) is 0 Å². The minimum atomic E-state index is 0.728. The molecule has 0 amide bonds. The van der Waals surface area contributed by atoms with Gasteiger partial charge in [0.25, 0.3) is 0 Å². The van der Waals surface area contributed by atoms with Crippen molar-refractivity contribution in [1.29, 1.82) is 0 Å². The second kappa shape index (κ2) is 5.29. The first kappa shape index (κ1) is 13.2. The first-order valence-corrected chi connectivity index (χ1v) is 7.27. The van der Waals surface area contributed by atoms with Gasteiger partial charge in [0.1, 0.15) is 15.9 Å². The lowest BCUT2D eigenvalue weighted by Crippen LogP contribution is -2.01. The van der Waals surface area contributed by atoms with Crippen molar-refractivity contribution in [2.45, 2.75) is 20.4 Å². The molecule has 1 N–H and O–H groups in total. The molecule has 0 saturated heterocycles. The molecule has 0 saturated carbocycles. The largest absolute Gasteiger partial charge is 0.461 e. The van der Waals surface area contributed by atoms with E-state index in [4.69, 9.17) is 4.42 Å². The fourth-order valence-electron chi connectivity index (χ4n) is 2.29. The van der Waals surface area contributed by atoms with Gasteiger partial charge in [-0.05, 0) is 47.5 Å². The first-order chi connectivity index (χ1) is 9.65. The van der Waals surface area contributed by atoms with Gasteiger partial charge in [0, 0.05) is 17.5 Å². The van der Waals surface area contributed by atoms with E-state index in [2.05, 4.69) is 38.4 Å². The van der Waals surface area contributed by atoms with Crippen molar-refractivity contribution in [3.05, 3.63) is 58.0 Å². The van der Waals surface area contributed by atoms with E-state index in [9.17, 15) is 0 Å².